The lowest BCUT2D eigenvalue weighted by Crippen LogP contribution is -2.03. The summed E-state index contributed by atoms with van der Waals surface area (Å²) in [5.41, 5.74) is 8.66. The number of pyridine rings is 1. The molecule has 0 atom stereocenters. The van der Waals surface area contributed by atoms with Gasteiger partial charge >= 0.3 is 0 Å². The molecule has 80 valence electrons. The van der Waals surface area contributed by atoms with Gasteiger partial charge in [0.1, 0.15) is 11.3 Å². The van der Waals surface area contributed by atoms with E-state index in [0.717, 1.165) is 22.5 Å². The Balaban J connectivity index is 2.67. The summed E-state index contributed by atoms with van der Waals surface area (Å²) >= 11 is 0. The highest BCUT2D eigenvalue weighted by atomic mass is 16.5. The predicted octanol–water partition coefficient (Wildman–Crippen LogP) is 1.43. The van der Waals surface area contributed by atoms with Crippen LogP contribution >= 0.6 is 0 Å². The van der Waals surface area contributed by atoms with Crippen LogP contribution in [0.3, 0.4) is 0 Å². The van der Waals surface area contributed by atoms with Crippen molar-refractivity contribution in [3.8, 4) is 5.75 Å². The van der Waals surface area contributed by atoms with Gasteiger partial charge in [-0.2, -0.15) is 0 Å². The van der Waals surface area contributed by atoms with Crippen molar-refractivity contribution in [2.45, 2.75) is 13.5 Å². The van der Waals surface area contributed by atoms with Gasteiger partial charge in [0.2, 0.25) is 0 Å². The zero-order valence-corrected chi connectivity index (χ0v) is 9.03. The van der Waals surface area contributed by atoms with E-state index in [1.54, 1.807) is 6.20 Å². The molecule has 2 N–H and O–H groups in total. The third kappa shape index (κ3) is 1.57. The van der Waals surface area contributed by atoms with Crippen LogP contribution in [0.2, 0.25) is 0 Å². The van der Waals surface area contributed by atoms with Crippen LogP contribution in [0.4, 0.5) is 0 Å². The SMILES string of the molecule is CCOc1ccnc2cc(CN)n(C)c12. The zero-order valence-electron chi connectivity index (χ0n) is 9.03. The van der Waals surface area contributed by atoms with Gasteiger partial charge in [0.15, 0.2) is 0 Å². The number of nitrogens with two attached hydrogens (primary N) is 1. The van der Waals surface area contributed by atoms with Gasteiger partial charge in [-0.3, -0.25) is 4.98 Å². The van der Waals surface area contributed by atoms with Crippen molar-refractivity contribution in [2.75, 3.05) is 6.61 Å². The van der Waals surface area contributed by atoms with Crippen molar-refractivity contribution < 1.29 is 4.74 Å². The fraction of sp³-hybridized carbons (Fsp3) is 0.364. The van der Waals surface area contributed by atoms with Crippen LogP contribution < -0.4 is 10.5 Å². The van der Waals surface area contributed by atoms with Gasteiger partial charge in [-0.1, -0.05) is 0 Å². The molecule has 2 rings (SSSR count). The van der Waals surface area contributed by atoms with E-state index in [0.29, 0.717) is 13.2 Å². The summed E-state index contributed by atoms with van der Waals surface area (Å²) in [5.74, 6) is 0.865. The number of nitrogens with zero attached hydrogens (tertiary/aromatic N) is 2. The van der Waals surface area contributed by atoms with Crippen molar-refractivity contribution >= 4 is 11.0 Å². The molecule has 4 heteroatoms. The molecule has 0 aliphatic carbocycles. The second kappa shape index (κ2) is 3.90. The van der Waals surface area contributed by atoms with E-state index in [1.165, 1.54) is 0 Å². The largest absolute Gasteiger partial charge is 0.492 e. The molecule has 0 radical (unpaired) electrons. The van der Waals surface area contributed by atoms with Gasteiger partial charge in [0.25, 0.3) is 0 Å². The summed E-state index contributed by atoms with van der Waals surface area (Å²) in [6, 6.07) is 3.88. The van der Waals surface area contributed by atoms with E-state index in [-0.39, 0.29) is 0 Å². The van der Waals surface area contributed by atoms with Crippen molar-refractivity contribution in [1.29, 1.82) is 0 Å². The summed E-state index contributed by atoms with van der Waals surface area (Å²) < 4.78 is 7.59. The van der Waals surface area contributed by atoms with Crippen LogP contribution in [-0.4, -0.2) is 16.2 Å². The smallest absolute Gasteiger partial charge is 0.146 e. The number of hydrogen-bond acceptors (Lipinski definition) is 3. The molecule has 0 spiro atoms. The third-order valence-corrected chi connectivity index (χ3v) is 2.49. The minimum absolute atomic E-state index is 0.512. The average molecular weight is 205 g/mol. The zero-order chi connectivity index (χ0) is 10.8. The predicted molar refractivity (Wildman–Crippen MR) is 59.8 cm³/mol. The van der Waals surface area contributed by atoms with E-state index in [4.69, 9.17) is 10.5 Å². The molecule has 4 nitrogen and oxygen atoms in total. The number of ether oxygens (including phenoxy) is 1. The molecular weight excluding hydrogens is 190 g/mol. The second-order valence-corrected chi connectivity index (χ2v) is 3.37. The normalized spacial score (nSPS) is 10.9. The molecule has 15 heavy (non-hydrogen) atoms. The first kappa shape index (κ1) is 9.98. The first-order valence-electron chi connectivity index (χ1n) is 5.04. The molecule has 0 amide bonds. The Bertz CT molecular complexity index is 476. The van der Waals surface area contributed by atoms with Gasteiger partial charge in [-0.25, -0.2) is 0 Å². The van der Waals surface area contributed by atoms with E-state index in [1.807, 2.05) is 30.7 Å². The van der Waals surface area contributed by atoms with Crippen LogP contribution in [0.15, 0.2) is 18.3 Å². The fourth-order valence-electron chi connectivity index (χ4n) is 1.76. The van der Waals surface area contributed by atoms with Crippen LogP contribution in [0, 0.1) is 0 Å². The summed E-state index contributed by atoms with van der Waals surface area (Å²) in [5, 5.41) is 0. The van der Waals surface area contributed by atoms with Crippen molar-refractivity contribution in [3.63, 3.8) is 0 Å². The van der Waals surface area contributed by atoms with Crippen LogP contribution in [0.5, 0.6) is 5.75 Å². The lowest BCUT2D eigenvalue weighted by atomic mass is 10.3. The molecule has 2 heterocycles. The monoisotopic (exact) mass is 205 g/mol. The highest BCUT2D eigenvalue weighted by Gasteiger charge is 2.10. The maximum Gasteiger partial charge on any atom is 0.146 e. The maximum atomic E-state index is 5.65. The molecule has 0 fully saturated rings. The summed E-state index contributed by atoms with van der Waals surface area (Å²) in [6.45, 7) is 3.14. The minimum atomic E-state index is 0.512. The first-order valence-corrected chi connectivity index (χ1v) is 5.04. The Labute approximate surface area is 88.7 Å². The molecular formula is C11H15N3O. The Morgan fingerprint density at radius 1 is 1.53 bits per heavy atom. The molecule has 2 aromatic heterocycles. The van der Waals surface area contributed by atoms with Crippen molar-refractivity contribution in [2.24, 2.45) is 12.8 Å². The molecule has 0 aromatic carbocycles. The summed E-state index contributed by atoms with van der Waals surface area (Å²) in [7, 11) is 1.98. The quantitative estimate of drug-likeness (QED) is 0.824. The second-order valence-electron chi connectivity index (χ2n) is 3.37. The van der Waals surface area contributed by atoms with Gasteiger partial charge in [-0.05, 0) is 13.0 Å². The van der Waals surface area contributed by atoms with Crippen LogP contribution in [-0.2, 0) is 13.6 Å². The molecule has 0 aliphatic rings. The summed E-state index contributed by atoms with van der Waals surface area (Å²) in [4.78, 5) is 4.30. The molecule has 0 saturated carbocycles. The summed E-state index contributed by atoms with van der Waals surface area (Å²) in [6.07, 6.45) is 1.76. The number of fused-ring (bicyclic) bond motifs is 1. The third-order valence-electron chi connectivity index (χ3n) is 2.49. The van der Waals surface area contributed by atoms with E-state index >= 15 is 0 Å². The topological polar surface area (TPSA) is 53.1 Å². The molecule has 0 unspecified atom stereocenters. The average Bonchev–Trinajstić information content (AvgIpc) is 2.57. The van der Waals surface area contributed by atoms with Crippen LogP contribution in [0.1, 0.15) is 12.6 Å². The highest BCUT2D eigenvalue weighted by molar-refractivity contribution is 5.83. The Morgan fingerprint density at radius 3 is 3.00 bits per heavy atom. The highest BCUT2D eigenvalue weighted by Crippen LogP contribution is 2.26. The molecule has 0 aliphatic heterocycles. The Kier molecular flexibility index (Phi) is 2.60. The van der Waals surface area contributed by atoms with Crippen molar-refractivity contribution in [1.82, 2.24) is 9.55 Å². The lowest BCUT2D eigenvalue weighted by Gasteiger charge is -2.07. The fourth-order valence-corrected chi connectivity index (χ4v) is 1.76. The Hall–Kier alpha value is -1.55. The van der Waals surface area contributed by atoms with Gasteiger partial charge < -0.3 is 15.0 Å². The number of aromatic nitrogens is 2. The first-order chi connectivity index (χ1) is 7.27. The molecule has 0 bridgehead atoms. The maximum absolute atomic E-state index is 5.65. The van der Waals surface area contributed by atoms with Crippen LogP contribution in [0.25, 0.3) is 11.0 Å². The molecule has 2 aromatic rings. The number of hydrogen-bond donors (Lipinski definition) is 1. The van der Waals surface area contributed by atoms with E-state index in [2.05, 4.69) is 4.98 Å². The van der Waals surface area contributed by atoms with E-state index in [9.17, 15) is 0 Å². The van der Waals surface area contributed by atoms with E-state index < -0.39 is 0 Å². The van der Waals surface area contributed by atoms with Gasteiger partial charge in [-0.15, -0.1) is 0 Å². The number of rotatable bonds is 3. The molecule has 0 saturated heterocycles. The lowest BCUT2D eigenvalue weighted by molar-refractivity contribution is 0.342. The standard InChI is InChI=1S/C11H15N3O/c1-3-15-10-4-5-13-9-6-8(7-12)14(2)11(9)10/h4-6H,3,7,12H2,1-2H3. The van der Waals surface area contributed by atoms with Crippen molar-refractivity contribution in [3.05, 3.63) is 24.0 Å². The number of aryl methyl sites for hydroxylation is 1. The van der Waals surface area contributed by atoms with Gasteiger partial charge in [0, 0.05) is 31.5 Å². The van der Waals surface area contributed by atoms with Gasteiger partial charge in [0.05, 0.1) is 12.1 Å². The Morgan fingerprint density at radius 2 is 2.33 bits per heavy atom. The minimum Gasteiger partial charge on any atom is -0.492 e.